The van der Waals surface area contributed by atoms with E-state index in [1.54, 1.807) is 23.1 Å². The Bertz CT molecular complexity index is 407. The lowest BCUT2D eigenvalue weighted by molar-refractivity contribution is -0.120. The second-order valence-corrected chi connectivity index (χ2v) is 4.70. The number of nitrogens with one attached hydrogen (secondary N) is 1. The highest BCUT2D eigenvalue weighted by Crippen LogP contribution is 2.26. The smallest absolute Gasteiger partial charge is 0.239 e. The van der Waals surface area contributed by atoms with Crippen molar-refractivity contribution >= 4 is 28.9 Å². The predicted octanol–water partition coefficient (Wildman–Crippen LogP) is 1.88. The Hall–Kier alpha value is -1.42. The van der Waals surface area contributed by atoms with Gasteiger partial charge in [0.1, 0.15) is 0 Å². The molecule has 4 nitrogen and oxygen atoms in total. The number of rotatable bonds is 4. The number of hydrogen-bond donors (Lipinski definition) is 2. The lowest BCUT2D eigenvalue weighted by Gasteiger charge is -2.21. The van der Waals surface area contributed by atoms with Gasteiger partial charge in [-0.25, -0.2) is 0 Å². The van der Waals surface area contributed by atoms with Crippen LogP contribution < -0.4 is 16.0 Å². The molecule has 0 unspecified atom stereocenters. The van der Waals surface area contributed by atoms with E-state index >= 15 is 0 Å². The van der Waals surface area contributed by atoms with E-state index in [1.807, 2.05) is 20.9 Å². The van der Waals surface area contributed by atoms with Gasteiger partial charge in [0.15, 0.2) is 0 Å². The third kappa shape index (κ3) is 4.15. The maximum atomic E-state index is 11.6. The molecule has 0 fully saturated rings. The Morgan fingerprint density at radius 2 is 2.18 bits per heavy atom. The highest BCUT2D eigenvalue weighted by atomic mass is 35.5. The third-order valence-electron chi connectivity index (χ3n) is 2.21. The number of halogens is 1. The summed E-state index contributed by atoms with van der Waals surface area (Å²) in [6.45, 7) is 4.12. The summed E-state index contributed by atoms with van der Waals surface area (Å²) in [7, 11) is 1.82. The van der Waals surface area contributed by atoms with E-state index in [0.717, 1.165) is 5.69 Å². The number of nitrogen functional groups attached to an aromatic ring is 1. The van der Waals surface area contributed by atoms with Gasteiger partial charge in [0.25, 0.3) is 0 Å². The Morgan fingerprint density at radius 3 is 2.71 bits per heavy atom. The molecule has 0 heterocycles. The number of carbonyl (C=O) groups is 1. The molecule has 0 atom stereocenters. The number of nitrogens with zero attached hydrogens (tertiary/aromatic N) is 1. The number of carbonyl (C=O) groups excluding carboxylic acids is 1. The first-order valence-electron chi connectivity index (χ1n) is 5.45. The lowest BCUT2D eigenvalue weighted by atomic mass is 10.2. The number of nitrogens with two attached hydrogens (primary N) is 1. The number of benzene rings is 1. The van der Waals surface area contributed by atoms with Crippen molar-refractivity contribution in [3.8, 4) is 0 Å². The zero-order valence-electron chi connectivity index (χ0n) is 10.3. The summed E-state index contributed by atoms with van der Waals surface area (Å²) in [5, 5.41) is 3.37. The molecule has 17 heavy (non-hydrogen) atoms. The van der Waals surface area contributed by atoms with E-state index in [-0.39, 0.29) is 18.5 Å². The van der Waals surface area contributed by atoms with Crippen LogP contribution in [0.15, 0.2) is 18.2 Å². The van der Waals surface area contributed by atoms with Gasteiger partial charge >= 0.3 is 0 Å². The Kier molecular flexibility index (Phi) is 4.63. The molecule has 0 saturated heterocycles. The molecular weight excluding hydrogens is 238 g/mol. The zero-order valence-corrected chi connectivity index (χ0v) is 11.1. The van der Waals surface area contributed by atoms with Gasteiger partial charge in [0.2, 0.25) is 5.91 Å². The monoisotopic (exact) mass is 255 g/mol. The molecule has 94 valence electrons. The zero-order chi connectivity index (χ0) is 13.0. The molecule has 0 spiro atoms. The van der Waals surface area contributed by atoms with Gasteiger partial charge in [0, 0.05) is 18.8 Å². The van der Waals surface area contributed by atoms with Gasteiger partial charge in [-0.1, -0.05) is 11.6 Å². The fourth-order valence-corrected chi connectivity index (χ4v) is 1.83. The molecule has 1 rings (SSSR count). The van der Waals surface area contributed by atoms with Crippen LogP contribution in [0.5, 0.6) is 0 Å². The number of likely N-dealkylation sites (N-methyl/N-ethyl adjacent to an activating group) is 1. The minimum Gasteiger partial charge on any atom is -0.399 e. The standard InChI is InChI=1S/C12H18ClN3O/c1-8(2)15-12(17)7-16(3)11-5-4-9(14)6-10(11)13/h4-6,8H,7,14H2,1-3H3,(H,15,17). The van der Waals surface area contributed by atoms with Crippen molar-refractivity contribution in [3.63, 3.8) is 0 Å². The summed E-state index contributed by atoms with van der Waals surface area (Å²) in [4.78, 5) is 13.4. The summed E-state index contributed by atoms with van der Waals surface area (Å²) in [5.74, 6) is -0.0320. The first-order chi connectivity index (χ1) is 7.90. The number of hydrogen-bond acceptors (Lipinski definition) is 3. The molecule has 0 saturated carbocycles. The predicted molar refractivity (Wildman–Crippen MR) is 72.4 cm³/mol. The average molecular weight is 256 g/mol. The third-order valence-corrected chi connectivity index (χ3v) is 2.52. The van der Waals surface area contributed by atoms with Crippen LogP contribution in [0.4, 0.5) is 11.4 Å². The minimum atomic E-state index is -0.0320. The van der Waals surface area contributed by atoms with Gasteiger partial charge < -0.3 is 16.0 Å². The van der Waals surface area contributed by atoms with Gasteiger partial charge in [-0.2, -0.15) is 0 Å². The van der Waals surface area contributed by atoms with Gasteiger partial charge in [0.05, 0.1) is 17.3 Å². The highest BCUT2D eigenvalue weighted by Gasteiger charge is 2.11. The summed E-state index contributed by atoms with van der Waals surface area (Å²) in [6, 6.07) is 5.38. The van der Waals surface area contributed by atoms with Gasteiger partial charge in [-0.15, -0.1) is 0 Å². The average Bonchev–Trinajstić information content (AvgIpc) is 2.15. The van der Waals surface area contributed by atoms with Crippen LogP contribution in [0.1, 0.15) is 13.8 Å². The second-order valence-electron chi connectivity index (χ2n) is 4.29. The van der Waals surface area contributed by atoms with Crippen LogP contribution in [0.3, 0.4) is 0 Å². The van der Waals surface area contributed by atoms with Crippen molar-refractivity contribution in [2.75, 3.05) is 24.2 Å². The summed E-state index contributed by atoms with van der Waals surface area (Å²) < 4.78 is 0. The minimum absolute atomic E-state index is 0.0320. The molecule has 1 aromatic carbocycles. The highest BCUT2D eigenvalue weighted by molar-refractivity contribution is 6.33. The quantitative estimate of drug-likeness (QED) is 0.808. The number of anilines is 2. The Balaban J connectivity index is 2.69. The van der Waals surface area contributed by atoms with Crippen molar-refractivity contribution < 1.29 is 4.79 Å². The largest absolute Gasteiger partial charge is 0.399 e. The summed E-state index contributed by atoms with van der Waals surface area (Å²) in [5.41, 5.74) is 7.01. The summed E-state index contributed by atoms with van der Waals surface area (Å²) in [6.07, 6.45) is 0. The van der Waals surface area contributed by atoms with Crippen LogP contribution in [0.2, 0.25) is 5.02 Å². The number of amides is 1. The van der Waals surface area contributed by atoms with Crippen LogP contribution in [-0.4, -0.2) is 25.5 Å². The molecule has 3 N–H and O–H groups in total. The van der Waals surface area contributed by atoms with Crippen molar-refractivity contribution in [2.24, 2.45) is 0 Å². The Labute approximate surface area is 107 Å². The molecule has 1 amide bonds. The summed E-state index contributed by atoms with van der Waals surface area (Å²) >= 11 is 6.06. The fraction of sp³-hybridized carbons (Fsp3) is 0.417. The molecule has 0 aliphatic rings. The second kappa shape index (κ2) is 5.77. The maximum absolute atomic E-state index is 11.6. The normalized spacial score (nSPS) is 10.4. The van der Waals surface area contributed by atoms with Crippen LogP contribution in [0.25, 0.3) is 0 Å². The van der Waals surface area contributed by atoms with E-state index < -0.39 is 0 Å². The van der Waals surface area contributed by atoms with E-state index in [1.165, 1.54) is 0 Å². The van der Waals surface area contributed by atoms with E-state index in [4.69, 9.17) is 17.3 Å². The molecule has 0 bridgehead atoms. The molecular formula is C12H18ClN3O. The molecule has 0 aliphatic carbocycles. The van der Waals surface area contributed by atoms with E-state index in [2.05, 4.69) is 5.32 Å². The van der Waals surface area contributed by atoms with E-state index in [9.17, 15) is 4.79 Å². The molecule has 0 aliphatic heterocycles. The SMILES string of the molecule is CC(C)NC(=O)CN(C)c1ccc(N)cc1Cl. The Morgan fingerprint density at radius 1 is 1.53 bits per heavy atom. The van der Waals surface area contributed by atoms with Crippen molar-refractivity contribution in [2.45, 2.75) is 19.9 Å². The first kappa shape index (κ1) is 13.6. The van der Waals surface area contributed by atoms with Crippen LogP contribution >= 0.6 is 11.6 Å². The van der Waals surface area contributed by atoms with Crippen molar-refractivity contribution in [1.82, 2.24) is 5.32 Å². The molecule has 0 radical (unpaired) electrons. The topological polar surface area (TPSA) is 58.4 Å². The first-order valence-corrected chi connectivity index (χ1v) is 5.83. The molecule has 0 aromatic heterocycles. The van der Waals surface area contributed by atoms with Crippen molar-refractivity contribution in [3.05, 3.63) is 23.2 Å². The lowest BCUT2D eigenvalue weighted by Crippen LogP contribution is -2.38. The van der Waals surface area contributed by atoms with Gasteiger partial charge in [-0.3, -0.25) is 4.79 Å². The van der Waals surface area contributed by atoms with Gasteiger partial charge in [-0.05, 0) is 32.0 Å². The molecule has 1 aromatic rings. The van der Waals surface area contributed by atoms with Crippen LogP contribution in [-0.2, 0) is 4.79 Å². The van der Waals surface area contributed by atoms with Crippen molar-refractivity contribution in [1.29, 1.82) is 0 Å². The fourth-order valence-electron chi connectivity index (χ4n) is 1.50. The molecule has 5 heteroatoms. The van der Waals surface area contributed by atoms with E-state index in [0.29, 0.717) is 10.7 Å². The maximum Gasteiger partial charge on any atom is 0.239 e. The van der Waals surface area contributed by atoms with Crippen LogP contribution in [0, 0.1) is 0 Å².